The number of nitrogens with one attached hydrogen (secondary N) is 1. The van der Waals surface area contributed by atoms with Gasteiger partial charge in [-0.25, -0.2) is 9.78 Å². The van der Waals surface area contributed by atoms with Crippen LogP contribution in [-0.4, -0.2) is 57.5 Å². The van der Waals surface area contributed by atoms with Crippen LogP contribution in [0.1, 0.15) is 25.7 Å². The van der Waals surface area contributed by atoms with Crippen LogP contribution in [0.15, 0.2) is 53.3 Å². The van der Waals surface area contributed by atoms with E-state index in [4.69, 9.17) is 4.98 Å². The second-order valence-electron chi connectivity index (χ2n) is 7.94. The number of aromatic nitrogens is 2. The van der Waals surface area contributed by atoms with Crippen molar-refractivity contribution in [2.24, 2.45) is 0 Å². The quantitative estimate of drug-likeness (QED) is 0.413. The van der Waals surface area contributed by atoms with Crippen molar-refractivity contribution in [2.45, 2.75) is 26.4 Å². The summed E-state index contributed by atoms with van der Waals surface area (Å²) in [6, 6.07) is 11.9. The number of hydrogen-bond donors (Lipinski definition) is 1. The highest BCUT2D eigenvalue weighted by molar-refractivity contribution is 5.89. The van der Waals surface area contributed by atoms with Crippen molar-refractivity contribution in [1.29, 1.82) is 0 Å². The van der Waals surface area contributed by atoms with E-state index in [-0.39, 0.29) is 17.3 Å². The van der Waals surface area contributed by atoms with Gasteiger partial charge in [0.15, 0.2) is 0 Å². The number of carbonyl (C=O) groups excluding carboxylic acids is 1. The standard InChI is InChI=1S/C23H28N6O4/c1-5-27-21(25-20-9-7-6-8-19(20)22(27)30)16(2)28(15-14-26(3)4)23(31)24-17-10-12-18(13-11-17)29(32)33/h6-13,16H,5,14-15H2,1-4H3,(H,24,31). The first kappa shape index (κ1) is 23.9. The Kier molecular flexibility index (Phi) is 7.39. The number of rotatable bonds is 8. The maximum absolute atomic E-state index is 13.3. The molecule has 0 bridgehead atoms. The van der Waals surface area contributed by atoms with E-state index in [0.717, 1.165) is 0 Å². The fraction of sp³-hybridized carbons (Fsp3) is 0.348. The number of urea groups is 1. The molecule has 2 amide bonds. The number of likely N-dealkylation sites (N-methyl/N-ethyl adjacent to an activating group) is 1. The monoisotopic (exact) mass is 452 g/mol. The van der Waals surface area contributed by atoms with Gasteiger partial charge in [-0.05, 0) is 52.2 Å². The summed E-state index contributed by atoms with van der Waals surface area (Å²) in [5.41, 5.74) is 0.816. The highest BCUT2D eigenvalue weighted by Gasteiger charge is 2.26. The van der Waals surface area contributed by atoms with Crippen molar-refractivity contribution < 1.29 is 9.72 Å². The van der Waals surface area contributed by atoms with Gasteiger partial charge in [-0.1, -0.05) is 12.1 Å². The minimum absolute atomic E-state index is 0.0573. The zero-order valence-corrected chi connectivity index (χ0v) is 19.2. The Bertz CT molecular complexity index is 1210. The predicted molar refractivity (Wildman–Crippen MR) is 127 cm³/mol. The number of non-ortho nitro benzene ring substituents is 1. The summed E-state index contributed by atoms with van der Waals surface area (Å²) in [6.07, 6.45) is 0. The third-order valence-electron chi connectivity index (χ3n) is 5.43. The minimum Gasteiger partial charge on any atom is -0.313 e. The third-order valence-corrected chi connectivity index (χ3v) is 5.43. The van der Waals surface area contributed by atoms with Crippen molar-refractivity contribution >= 4 is 28.3 Å². The van der Waals surface area contributed by atoms with Crippen LogP contribution in [0.3, 0.4) is 0 Å². The van der Waals surface area contributed by atoms with Crippen LogP contribution in [0.5, 0.6) is 0 Å². The Morgan fingerprint density at radius 3 is 2.42 bits per heavy atom. The molecule has 1 unspecified atom stereocenters. The number of amides is 2. The molecule has 33 heavy (non-hydrogen) atoms. The lowest BCUT2D eigenvalue weighted by Gasteiger charge is -2.31. The molecule has 10 heteroatoms. The van der Waals surface area contributed by atoms with E-state index in [2.05, 4.69) is 5.32 Å². The molecule has 0 aliphatic heterocycles. The van der Waals surface area contributed by atoms with E-state index in [0.29, 0.717) is 42.0 Å². The molecule has 0 radical (unpaired) electrons. The maximum atomic E-state index is 13.3. The second kappa shape index (κ2) is 10.2. The van der Waals surface area contributed by atoms with Gasteiger partial charge in [0.2, 0.25) is 0 Å². The van der Waals surface area contributed by atoms with Crippen molar-refractivity contribution in [3.05, 3.63) is 74.8 Å². The molecular formula is C23H28N6O4. The smallest absolute Gasteiger partial charge is 0.313 e. The highest BCUT2D eigenvalue weighted by Crippen LogP contribution is 2.22. The van der Waals surface area contributed by atoms with Crippen molar-refractivity contribution in [1.82, 2.24) is 19.4 Å². The normalized spacial score (nSPS) is 12.0. The van der Waals surface area contributed by atoms with Gasteiger partial charge in [-0.3, -0.25) is 19.5 Å². The van der Waals surface area contributed by atoms with Crippen LogP contribution in [0.4, 0.5) is 16.2 Å². The molecule has 10 nitrogen and oxygen atoms in total. The first-order valence-electron chi connectivity index (χ1n) is 10.7. The molecule has 0 aliphatic rings. The summed E-state index contributed by atoms with van der Waals surface area (Å²) >= 11 is 0. The number of hydrogen-bond acceptors (Lipinski definition) is 6. The number of benzene rings is 2. The number of nitro benzene ring substituents is 1. The number of para-hydroxylation sites is 1. The summed E-state index contributed by atoms with van der Waals surface area (Å²) in [4.78, 5) is 45.0. The number of anilines is 1. The summed E-state index contributed by atoms with van der Waals surface area (Å²) in [5.74, 6) is 0.499. The van der Waals surface area contributed by atoms with Crippen LogP contribution in [0, 0.1) is 10.1 Å². The zero-order valence-electron chi connectivity index (χ0n) is 19.2. The molecule has 1 atom stereocenters. The lowest BCUT2D eigenvalue weighted by Crippen LogP contribution is -2.43. The van der Waals surface area contributed by atoms with E-state index in [1.54, 1.807) is 27.7 Å². The average Bonchev–Trinajstić information content (AvgIpc) is 2.79. The van der Waals surface area contributed by atoms with Gasteiger partial charge >= 0.3 is 6.03 Å². The van der Waals surface area contributed by atoms with Gasteiger partial charge in [-0.15, -0.1) is 0 Å². The Morgan fingerprint density at radius 1 is 1.15 bits per heavy atom. The van der Waals surface area contributed by atoms with Crippen LogP contribution in [-0.2, 0) is 6.54 Å². The molecule has 1 heterocycles. The first-order chi connectivity index (χ1) is 15.7. The van der Waals surface area contributed by atoms with Crippen molar-refractivity contribution in [3.8, 4) is 0 Å². The molecule has 3 aromatic rings. The Labute approximate surface area is 191 Å². The molecule has 3 rings (SSSR count). The van der Waals surface area contributed by atoms with E-state index >= 15 is 0 Å². The molecular weight excluding hydrogens is 424 g/mol. The lowest BCUT2D eigenvalue weighted by molar-refractivity contribution is -0.384. The molecule has 0 saturated heterocycles. The van der Waals surface area contributed by atoms with Crippen LogP contribution in [0.2, 0.25) is 0 Å². The predicted octanol–water partition coefficient (Wildman–Crippen LogP) is 3.48. The Morgan fingerprint density at radius 2 is 1.82 bits per heavy atom. The minimum atomic E-state index is -0.500. The Hall–Kier alpha value is -3.79. The third kappa shape index (κ3) is 5.35. The van der Waals surface area contributed by atoms with Crippen LogP contribution >= 0.6 is 0 Å². The molecule has 2 aromatic carbocycles. The van der Waals surface area contributed by atoms with Crippen molar-refractivity contribution in [3.63, 3.8) is 0 Å². The zero-order chi connectivity index (χ0) is 24.1. The lowest BCUT2D eigenvalue weighted by atomic mass is 10.2. The number of nitrogens with zero attached hydrogens (tertiary/aromatic N) is 5. The van der Waals surface area contributed by atoms with E-state index in [1.807, 2.05) is 38.9 Å². The van der Waals surface area contributed by atoms with E-state index in [1.165, 1.54) is 24.3 Å². The fourth-order valence-corrected chi connectivity index (χ4v) is 3.59. The SMILES string of the molecule is CCn1c(C(C)N(CCN(C)C)C(=O)Nc2ccc([N+](=O)[O-])cc2)nc2ccccc2c1=O. The molecule has 0 fully saturated rings. The molecule has 174 valence electrons. The summed E-state index contributed by atoms with van der Waals surface area (Å²) < 4.78 is 1.59. The number of carbonyl (C=O) groups is 1. The molecule has 1 N–H and O–H groups in total. The van der Waals surface area contributed by atoms with Gasteiger partial charge in [-0.2, -0.15) is 0 Å². The molecule has 1 aromatic heterocycles. The van der Waals surface area contributed by atoms with Gasteiger partial charge in [0, 0.05) is 37.5 Å². The molecule has 0 spiro atoms. The topological polar surface area (TPSA) is 114 Å². The summed E-state index contributed by atoms with van der Waals surface area (Å²) in [6.45, 7) is 5.12. The highest BCUT2D eigenvalue weighted by atomic mass is 16.6. The van der Waals surface area contributed by atoms with Gasteiger partial charge in [0.1, 0.15) is 5.82 Å². The Balaban J connectivity index is 1.96. The fourth-order valence-electron chi connectivity index (χ4n) is 3.59. The largest absolute Gasteiger partial charge is 0.322 e. The molecule has 0 saturated carbocycles. The average molecular weight is 453 g/mol. The summed E-state index contributed by atoms with van der Waals surface area (Å²) in [5, 5.41) is 14.2. The van der Waals surface area contributed by atoms with Crippen LogP contribution < -0.4 is 10.9 Å². The molecule has 0 aliphatic carbocycles. The van der Waals surface area contributed by atoms with Crippen LogP contribution in [0.25, 0.3) is 10.9 Å². The number of nitro groups is 1. The van der Waals surface area contributed by atoms with E-state index < -0.39 is 11.0 Å². The van der Waals surface area contributed by atoms with Gasteiger partial charge < -0.3 is 15.1 Å². The van der Waals surface area contributed by atoms with E-state index in [9.17, 15) is 19.7 Å². The summed E-state index contributed by atoms with van der Waals surface area (Å²) in [7, 11) is 3.82. The van der Waals surface area contributed by atoms with Gasteiger partial charge in [0.05, 0.1) is 21.9 Å². The van der Waals surface area contributed by atoms with Gasteiger partial charge in [0.25, 0.3) is 11.2 Å². The van der Waals surface area contributed by atoms with Crippen molar-refractivity contribution in [2.75, 3.05) is 32.5 Å². The first-order valence-corrected chi connectivity index (χ1v) is 10.7. The second-order valence-corrected chi connectivity index (χ2v) is 7.94. The number of fused-ring (bicyclic) bond motifs is 1. The maximum Gasteiger partial charge on any atom is 0.322 e.